The van der Waals surface area contributed by atoms with Gasteiger partial charge in [-0.3, -0.25) is 4.79 Å². The van der Waals surface area contributed by atoms with Crippen LogP contribution in [0.25, 0.3) is 28.2 Å². The van der Waals surface area contributed by atoms with Gasteiger partial charge < -0.3 is 9.47 Å². The molecule has 5 heteroatoms. The van der Waals surface area contributed by atoms with Crippen molar-refractivity contribution in [3.8, 4) is 28.2 Å². The lowest BCUT2D eigenvalue weighted by atomic mass is 10.0. The van der Waals surface area contributed by atoms with Crippen molar-refractivity contribution in [3.63, 3.8) is 0 Å². The lowest BCUT2D eigenvalue weighted by molar-refractivity contribution is 0.0977. The van der Waals surface area contributed by atoms with E-state index in [0.29, 0.717) is 23.2 Å². The standard InChI is InChI=1S/C29H28F2N2O/c1-20-7-4-5-8-26(20)33-27(16-17-28(33)24-15-14-23(30)19-25(24)31)21-10-12-22(13-11-21)29(34)9-6-18-32(2)3/h4-5,7-8,10-17,19H,6,9,18H2,1-3H3. The summed E-state index contributed by atoms with van der Waals surface area (Å²) in [5.41, 5.74) is 5.33. The van der Waals surface area contributed by atoms with Crippen LogP contribution in [0.1, 0.15) is 28.8 Å². The molecule has 0 amide bonds. The van der Waals surface area contributed by atoms with Crippen molar-refractivity contribution >= 4 is 5.78 Å². The van der Waals surface area contributed by atoms with Gasteiger partial charge in [-0.2, -0.15) is 0 Å². The molecule has 3 aromatic carbocycles. The van der Waals surface area contributed by atoms with Crippen molar-refractivity contribution in [2.45, 2.75) is 19.8 Å². The number of carbonyl (C=O) groups is 1. The van der Waals surface area contributed by atoms with Crippen molar-refractivity contribution in [2.24, 2.45) is 0 Å². The van der Waals surface area contributed by atoms with Crippen LogP contribution in [0.2, 0.25) is 0 Å². The summed E-state index contributed by atoms with van der Waals surface area (Å²) in [5, 5.41) is 0. The van der Waals surface area contributed by atoms with Crippen molar-refractivity contribution < 1.29 is 13.6 Å². The number of hydrogen-bond donors (Lipinski definition) is 0. The highest BCUT2D eigenvalue weighted by molar-refractivity contribution is 5.96. The molecule has 4 aromatic rings. The van der Waals surface area contributed by atoms with Crippen molar-refractivity contribution in [1.82, 2.24) is 9.47 Å². The van der Waals surface area contributed by atoms with Crippen LogP contribution in [0.15, 0.2) is 78.9 Å². The van der Waals surface area contributed by atoms with Gasteiger partial charge in [0, 0.05) is 29.3 Å². The molecule has 0 fully saturated rings. The second-order valence-corrected chi connectivity index (χ2v) is 8.76. The molecule has 0 atom stereocenters. The fourth-order valence-corrected chi connectivity index (χ4v) is 4.17. The van der Waals surface area contributed by atoms with E-state index in [4.69, 9.17) is 0 Å². The summed E-state index contributed by atoms with van der Waals surface area (Å²) in [6.07, 6.45) is 1.32. The molecule has 0 aliphatic carbocycles. The molecule has 0 saturated heterocycles. The first-order chi connectivity index (χ1) is 16.3. The lowest BCUT2D eigenvalue weighted by Gasteiger charge is -2.17. The van der Waals surface area contributed by atoms with E-state index < -0.39 is 11.6 Å². The number of para-hydroxylation sites is 1. The van der Waals surface area contributed by atoms with Gasteiger partial charge in [0.15, 0.2) is 5.78 Å². The second kappa shape index (κ2) is 10.1. The summed E-state index contributed by atoms with van der Waals surface area (Å²) < 4.78 is 30.3. The number of rotatable bonds is 8. The third-order valence-electron chi connectivity index (χ3n) is 5.96. The van der Waals surface area contributed by atoms with Gasteiger partial charge in [0.05, 0.1) is 11.4 Å². The van der Waals surface area contributed by atoms with E-state index in [1.165, 1.54) is 12.1 Å². The Morgan fingerprint density at radius 2 is 1.59 bits per heavy atom. The van der Waals surface area contributed by atoms with Crippen LogP contribution in [0.3, 0.4) is 0 Å². The number of carbonyl (C=O) groups excluding carboxylic acids is 1. The number of benzene rings is 3. The Morgan fingerprint density at radius 1 is 0.882 bits per heavy atom. The van der Waals surface area contributed by atoms with Gasteiger partial charge in [-0.1, -0.05) is 42.5 Å². The summed E-state index contributed by atoms with van der Waals surface area (Å²) in [7, 11) is 3.99. The van der Waals surface area contributed by atoms with E-state index in [9.17, 15) is 13.6 Å². The molecule has 0 aliphatic heterocycles. The fourth-order valence-electron chi connectivity index (χ4n) is 4.17. The van der Waals surface area contributed by atoms with Crippen LogP contribution in [0, 0.1) is 18.6 Å². The summed E-state index contributed by atoms with van der Waals surface area (Å²) in [6, 6.07) is 22.8. The number of hydrogen-bond acceptors (Lipinski definition) is 2. The first-order valence-electron chi connectivity index (χ1n) is 11.4. The average Bonchev–Trinajstić information content (AvgIpc) is 3.23. The highest BCUT2D eigenvalue weighted by Crippen LogP contribution is 2.35. The quantitative estimate of drug-likeness (QED) is 0.268. The summed E-state index contributed by atoms with van der Waals surface area (Å²) in [5.74, 6) is -1.10. The number of halogens is 2. The molecular weight excluding hydrogens is 430 g/mol. The topological polar surface area (TPSA) is 25.2 Å². The molecule has 3 nitrogen and oxygen atoms in total. The van der Waals surface area contributed by atoms with Crippen LogP contribution in [-0.4, -0.2) is 35.9 Å². The highest BCUT2D eigenvalue weighted by Gasteiger charge is 2.18. The lowest BCUT2D eigenvalue weighted by Crippen LogP contribution is -2.14. The average molecular weight is 459 g/mol. The van der Waals surface area contributed by atoms with Crippen molar-refractivity contribution in [2.75, 3.05) is 20.6 Å². The van der Waals surface area contributed by atoms with Crippen molar-refractivity contribution in [3.05, 3.63) is 102 Å². The maximum Gasteiger partial charge on any atom is 0.162 e. The monoisotopic (exact) mass is 458 g/mol. The zero-order valence-corrected chi connectivity index (χ0v) is 19.7. The third-order valence-corrected chi connectivity index (χ3v) is 5.96. The SMILES string of the molecule is Cc1ccccc1-n1c(-c2ccc(C(=O)CCCN(C)C)cc2)ccc1-c1ccc(F)cc1F. The van der Waals surface area contributed by atoms with E-state index in [1.807, 2.05) is 86.2 Å². The minimum absolute atomic E-state index is 0.122. The van der Waals surface area contributed by atoms with Gasteiger partial charge in [0.1, 0.15) is 11.6 Å². The maximum absolute atomic E-state index is 14.7. The van der Waals surface area contributed by atoms with E-state index in [0.717, 1.165) is 41.5 Å². The molecular formula is C29H28F2N2O. The minimum Gasteiger partial charge on any atom is -0.309 e. The van der Waals surface area contributed by atoms with Crippen LogP contribution < -0.4 is 0 Å². The van der Waals surface area contributed by atoms with Gasteiger partial charge in [0.25, 0.3) is 0 Å². The molecule has 4 rings (SSSR count). The Labute approximate surface area is 199 Å². The van der Waals surface area contributed by atoms with Crippen LogP contribution >= 0.6 is 0 Å². The Hall–Kier alpha value is -3.57. The molecule has 34 heavy (non-hydrogen) atoms. The molecule has 0 N–H and O–H groups in total. The minimum atomic E-state index is -0.613. The zero-order valence-electron chi connectivity index (χ0n) is 19.7. The normalized spacial score (nSPS) is 11.2. The predicted molar refractivity (Wildman–Crippen MR) is 133 cm³/mol. The van der Waals surface area contributed by atoms with Crippen LogP contribution in [0.5, 0.6) is 0 Å². The number of aromatic nitrogens is 1. The summed E-state index contributed by atoms with van der Waals surface area (Å²) >= 11 is 0. The Balaban J connectivity index is 1.75. The molecule has 174 valence electrons. The molecule has 0 aliphatic rings. The third kappa shape index (κ3) is 5.00. The fraction of sp³-hybridized carbons (Fsp3) is 0.207. The Kier molecular flexibility index (Phi) is 7.03. The Bertz CT molecular complexity index is 1310. The van der Waals surface area contributed by atoms with Gasteiger partial charge in [0.2, 0.25) is 0 Å². The van der Waals surface area contributed by atoms with E-state index in [1.54, 1.807) is 0 Å². The molecule has 0 saturated carbocycles. The highest BCUT2D eigenvalue weighted by atomic mass is 19.1. The smallest absolute Gasteiger partial charge is 0.162 e. The largest absolute Gasteiger partial charge is 0.309 e. The molecule has 1 heterocycles. The summed E-state index contributed by atoms with van der Waals surface area (Å²) in [6.45, 7) is 2.87. The first-order valence-corrected chi connectivity index (χ1v) is 11.4. The summed E-state index contributed by atoms with van der Waals surface area (Å²) in [4.78, 5) is 14.6. The van der Waals surface area contributed by atoms with Gasteiger partial charge in [-0.25, -0.2) is 8.78 Å². The van der Waals surface area contributed by atoms with Crippen LogP contribution in [0.4, 0.5) is 8.78 Å². The second-order valence-electron chi connectivity index (χ2n) is 8.76. The zero-order chi connectivity index (χ0) is 24.2. The predicted octanol–water partition coefficient (Wildman–Crippen LogP) is 6.92. The van der Waals surface area contributed by atoms with Crippen LogP contribution in [-0.2, 0) is 0 Å². The number of aryl methyl sites for hydroxylation is 1. The molecule has 0 spiro atoms. The maximum atomic E-state index is 14.7. The molecule has 0 unspecified atom stereocenters. The van der Waals surface area contributed by atoms with Gasteiger partial charge in [-0.15, -0.1) is 0 Å². The number of ketones is 1. The molecule has 0 radical (unpaired) electrons. The van der Waals surface area contributed by atoms with Crippen molar-refractivity contribution in [1.29, 1.82) is 0 Å². The van der Waals surface area contributed by atoms with E-state index >= 15 is 0 Å². The van der Waals surface area contributed by atoms with E-state index in [-0.39, 0.29) is 5.78 Å². The number of nitrogens with zero attached hydrogens (tertiary/aromatic N) is 2. The van der Waals surface area contributed by atoms with Gasteiger partial charge >= 0.3 is 0 Å². The number of Topliss-reactive ketones (excluding diaryl/α,β-unsaturated/α-hetero) is 1. The van der Waals surface area contributed by atoms with E-state index in [2.05, 4.69) is 4.90 Å². The Morgan fingerprint density at radius 3 is 2.26 bits per heavy atom. The first kappa shape index (κ1) is 23.6. The molecule has 1 aromatic heterocycles. The molecule has 0 bridgehead atoms. The van der Waals surface area contributed by atoms with Gasteiger partial charge in [-0.05, 0) is 75.4 Å².